The Labute approximate surface area is 141 Å². The number of para-hydroxylation sites is 1. The van der Waals surface area contributed by atoms with E-state index in [4.69, 9.17) is 10.5 Å². The van der Waals surface area contributed by atoms with E-state index in [1.54, 1.807) is 7.11 Å². The van der Waals surface area contributed by atoms with Crippen LogP contribution in [0.1, 0.15) is 26.2 Å². The van der Waals surface area contributed by atoms with Gasteiger partial charge in [0.25, 0.3) is 0 Å². The van der Waals surface area contributed by atoms with E-state index >= 15 is 0 Å². The minimum absolute atomic E-state index is 0.296. The zero-order valence-corrected chi connectivity index (χ0v) is 14.3. The first-order chi connectivity index (χ1) is 11.7. The third kappa shape index (κ3) is 3.26. The number of nitrogens with zero attached hydrogens (tertiary/aromatic N) is 5. The van der Waals surface area contributed by atoms with Gasteiger partial charge in [0, 0.05) is 5.39 Å². The number of piperidine rings is 1. The number of nitrogen functional groups attached to an aromatic ring is 1. The topological polar surface area (TPSA) is 81.6 Å². The molecule has 0 radical (unpaired) electrons. The third-order valence-electron chi connectivity index (χ3n) is 4.35. The number of anilines is 1. The van der Waals surface area contributed by atoms with Gasteiger partial charge >= 0.3 is 0 Å². The molecule has 0 atom stereocenters. The van der Waals surface area contributed by atoms with Crippen LogP contribution < -0.4 is 10.5 Å². The van der Waals surface area contributed by atoms with E-state index < -0.39 is 0 Å². The SMILES string of the molecule is CCN1CCCCC1.COc1cccc2c1nc(N)n1ncnc21. The molecule has 1 aliphatic heterocycles. The van der Waals surface area contributed by atoms with E-state index in [1.807, 2.05) is 18.2 Å². The fraction of sp³-hybridized carbons (Fsp3) is 0.471. The molecule has 24 heavy (non-hydrogen) atoms. The maximum atomic E-state index is 5.78. The van der Waals surface area contributed by atoms with Gasteiger partial charge in [0.15, 0.2) is 5.65 Å². The highest BCUT2D eigenvalue weighted by atomic mass is 16.5. The van der Waals surface area contributed by atoms with Crippen molar-refractivity contribution in [1.29, 1.82) is 0 Å². The summed E-state index contributed by atoms with van der Waals surface area (Å²) in [6.07, 6.45) is 5.75. The highest BCUT2D eigenvalue weighted by Crippen LogP contribution is 2.26. The summed E-state index contributed by atoms with van der Waals surface area (Å²) in [5.41, 5.74) is 7.16. The standard InChI is InChI=1S/C10H9N5O.C7H15N/c1-16-7-4-2-3-6-8(7)14-10(11)15-9(6)12-5-13-15;1-2-8-6-4-3-5-7-8/h2-5H,1H3,(H2,11,14);2-7H2,1H3. The molecule has 1 aliphatic rings. The molecule has 2 N–H and O–H groups in total. The van der Waals surface area contributed by atoms with Gasteiger partial charge in [-0.05, 0) is 44.6 Å². The maximum Gasteiger partial charge on any atom is 0.223 e. The Balaban J connectivity index is 0.000000179. The summed E-state index contributed by atoms with van der Waals surface area (Å²) >= 11 is 0. The molecule has 1 fully saturated rings. The summed E-state index contributed by atoms with van der Waals surface area (Å²) in [5, 5.41) is 4.87. The zero-order chi connectivity index (χ0) is 16.9. The molecule has 7 heteroatoms. The van der Waals surface area contributed by atoms with E-state index in [0.717, 1.165) is 5.39 Å². The van der Waals surface area contributed by atoms with Crippen LogP contribution in [0.5, 0.6) is 5.75 Å². The Morgan fingerprint density at radius 2 is 2.00 bits per heavy atom. The summed E-state index contributed by atoms with van der Waals surface area (Å²) in [6.45, 7) is 6.18. The number of hydrogen-bond donors (Lipinski definition) is 1. The van der Waals surface area contributed by atoms with Crippen molar-refractivity contribution in [3.05, 3.63) is 24.5 Å². The summed E-state index contributed by atoms with van der Waals surface area (Å²) in [5.74, 6) is 0.971. The van der Waals surface area contributed by atoms with Crippen LogP contribution in [0.25, 0.3) is 16.6 Å². The third-order valence-corrected chi connectivity index (χ3v) is 4.35. The molecule has 0 aliphatic carbocycles. The monoisotopic (exact) mass is 328 g/mol. The molecule has 1 aromatic carbocycles. The Kier molecular flexibility index (Phi) is 5.10. The quantitative estimate of drug-likeness (QED) is 0.778. The molecule has 0 spiro atoms. The average Bonchev–Trinajstić information content (AvgIpc) is 3.13. The number of aromatic nitrogens is 4. The second-order valence-corrected chi connectivity index (χ2v) is 5.82. The minimum Gasteiger partial charge on any atom is -0.494 e. The first kappa shape index (κ1) is 16.4. The number of fused-ring (bicyclic) bond motifs is 3. The summed E-state index contributed by atoms with van der Waals surface area (Å²) in [4.78, 5) is 10.9. The van der Waals surface area contributed by atoms with Crippen LogP contribution in [-0.4, -0.2) is 51.2 Å². The number of likely N-dealkylation sites (tertiary alicyclic amines) is 1. The van der Waals surface area contributed by atoms with E-state index in [-0.39, 0.29) is 0 Å². The molecule has 3 aromatic rings. The molecule has 3 heterocycles. The first-order valence-electron chi connectivity index (χ1n) is 8.39. The fourth-order valence-electron chi connectivity index (χ4n) is 3.01. The van der Waals surface area contributed by atoms with Crippen molar-refractivity contribution in [3.8, 4) is 5.75 Å². The van der Waals surface area contributed by atoms with Crippen molar-refractivity contribution in [2.24, 2.45) is 0 Å². The highest BCUT2D eigenvalue weighted by Gasteiger charge is 2.10. The lowest BCUT2D eigenvalue weighted by atomic mass is 10.1. The molecule has 4 rings (SSSR count). The van der Waals surface area contributed by atoms with Gasteiger partial charge < -0.3 is 15.4 Å². The van der Waals surface area contributed by atoms with Gasteiger partial charge in [-0.3, -0.25) is 0 Å². The Hall–Kier alpha value is -2.41. The van der Waals surface area contributed by atoms with Gasteiger partial charge in [0.1, 0.15) is 17.6 Å². The molecule has 128 valence electrons. The van der Waals surface area contributed by atoms with Crippen LogP contribution in [0.2, 0.25) is 0 Å². The van der Waals surface area contributed by atoms with Crippen molar-refractivity contribution in [1.82, 2.24) is 24.5 Å². The normalized spacial score (nSPS) is 15.2. The number of methoxy groups -OCH3 is 1. The number of ether oxygens (including phenoxy) is 1. The maximum absolute atomic E-state index is 5.78. The van der Waals surface area contributed by atoms with Crippen LogP contribution in [0.15, 0.2) is 24.5 Å². The molecule has 0 bridgehead atoms. The molecule has 0 unspecified atom stereocenters. The van der Waals surface area contributed by atoms with Crippen LogP contribution in [-0.2, 0) is 0 Å². The number of hydrogen-bond acceptors (Lipinski definition) is 6. The number of benzene rings is 1. The molecule has 2 aromatic heterocycles. The molecule has 0 saturated carbocycles. The van der Waals surface area contributed by atoms with Gasteiger partial charge in [-0.25, -0.2) is 9.97 Å². The van der Waals surface area contributed by atoms with Crippen LogP contribution >= 0.6 is 0 Å². The minimum atomic E-state index is 0.296. The molecule has 1 saturated heterocycles. The fourth-order valence-corrected chi connectivity index (χ4v) is 3.01. The van der Waals surface area contributed by atoms with E-state index in [2.05, 4.69) is 26.9 Å². The van der Waals surface area contributed by atoms with Gasteiger partial charge in [-0.2, -0.15) is 9.61 Å². The van der Waals surface area contributed by atoms with Crippen molar-refractivity contribution in [2.45, 2.75) is 26.2 Å². The van der Waals surface area contributed by atoms with Crippen molar-refractivity contribution < 1.29 is 4.74 Å². The van der Waals surface area contributed by atoms with Gasteiger partial charge in [-0.1, -0.05) is 19.4 Å². The number of nitrogens with two attached hydrogens (primary N) is 1. The van der Waals surface area contributed by atoms with E-state index in [1.165, 1.54) is 49.7 Å². The summed E-state index contributed by atoms with van der Waals surface area (Å²) in [6, 6.07) is 5.63. The van der Waals surface area contributed by atoms with Gasteiger partial charge in [0.2, 0.25) is 5.95 Å². The van der Waals surface area contributed by atoms with Crippen LogP contribution in [0, 0.1) is 0 Å². The van der Waals surface area contributed by atoms with Crippen molar-refractivity contribution >= 4 is 22.5 Å². The van der Waals surface area contributed by atoms with Crippen molar-refractivity contribution in [3.63, 3.8) is 0 Å². The molecular weight excluding hydrogens is 304 g/mol. The predicted molar refractivity (Wildman–Crippen MR) is 95.2 cm³/mol. The summed E-state index contributed by atoms with van der Waals surface area (Å²) in [7, 11) is 1.60. The van der Waals surface area contributed by atoms with E-state index in [9.17, 15) is 0 Å². The Morgan fingerprint density at radius 1 is 1.21 bits per heavy atom. The van der Waals surface area contributed by atoms with Gasteiger partial charge in [0.05, 0.1) is 7.11 Å². The second-order valence-electron chi connectivity index (χ2n) is 5.82. The lowest BCUT2D eigenvalue weighted by molar-refractivity contribution is 0.240. The predicted octanol–water partition coefficient (Wildman–Crippen LogP) is 2.36. The first-order valence-corrected chi connectivity index (χ1v) is 8.39. The smallest absolute Gasteiger partial charge is 0.223 e. The number of rotatable bonds is 2. The zero-order valence-electron chi connectivity index (χ0n) is 14.3. The summed E-state index contributed by atoms with van der Waals surface area (Å²) < 4.78 is 6.73. The van der Waals surface area contributed by atoms with Crippen molar-refractivity contribution in [2.75, 3.05) is 32.5 Å². The second kappa shape index (κ2) is 7.44. The van der Waals surface area contributed by atoms with Crippen LogP contribution in [0.4, 0.5) is 5.95 Å². The average molecular weight is 328 g/mol. The Morgan fingerprint density at radius 3 is 2.67 bits per heavy atom. The Bertz CT molecular complexity index is 809. The highest BCUT2D eigenvalue weighted by molar-refractivity contribution is 5.95. The molecule has 7 nitrogen and oxygen atoms in total. The van der Waals surface area contributed by atoms with E-state index in [0.29, 0.717) is 22.9 Å². The van der Waals surface area contributed by atoms with Crippen LogP contribution in [0.3, 0.4) is 0 Å². The largest absolute Gasteiger partial charge is 0.494 e. The lowest BCUT2D eigenvalue weighted by Gasteiger charge is -2.24. The molecule has 0 amide bonds. The molecular formula is C17H24N6O. The van der Waals surface area contributed by atoms with Gasteiger partial charge in [-0.15, -0.1) is 0 Å². The lowest BCUT2D eigenvalue weighted by Crippen LogP contribution is -2.29.